The zero-order valence-corrected chi connectivity index (χ0v) is 17.3. The predicted octanol–water partition coefficient (Wildman–Crippen LogP) is 2.16. The maximum Gasteiger partial charge on any atom is 0.238 e. The number of carbonyl (C=O) groups excluding carboxylic acids is 2. The van der Waals surface area contributed by atoms with Crippen molar-refractivity contribution in [2.75, 3.05) is 23.7 Å². The molecule has 8 N–H and O–H groups in total. The number of nitrogens with two attached hydrogens (primary N) is 2. The van der Waals surface area contributed by atoms with Crippen LogP contribution >= 0.6 is 0 Å². The van der Waals surface area contributed by atoms with Crippen LogP contribution in [0.4, 0.5) is 11.4 Å². The van der Waals surface area contributed by atoms with E-state index in [0.717, 1.165) is 22.1 Å². The average Bonchev–Trinajstić information content (AvgIpc) is 3.55. The van der Waals surface area contributed by atoms with E-state index in [0.29, 0.717) is 34.5 Å². The predicted molar refractivity (Wildman–Crippen MR) is 124 cm³/mol. The smallest absolute Gasteiger partial charge is 0.238 e. The second-order valence-corrected chi connectivity index (χ2v) is 7.30. The molecule has 2 aromatic carbocycles. The minimum absolute atomic E-state index is 0.0904. The first-order valence-corrected chi connectivity index (χ1v) is 10.1. The molecule has 0 aliphatic rings. The van der Waals surface area contributed by atoms with Gasteiger partial charge in [0.15, 0.2) is 23.2 Å². The van der Waals surface area contributed by atoms with Crippen LogP contribution in [-0.4, -0.2) is 44.8 Å². The molecule has 0 spiro atoms. The lowest BCUT2D eigenvalue weighted by Gasteiger charge is -2.02. The minimum Gasteiger partial charge on any atom is -0.450 e. The van der Waals surface area contributed by atoms with Crippen molar-refractivity contribution in [3.63, 3.8) is 0 Å². The number of aromatic amines is 2. The molecule has 11 heteroatoms. The lowest BCUT2D eigenvalue weighted by Crippen LogP contribution is -2.21. The van der Waals surface area contributed by atoms with Crippen molar-refractivity contribution < 1.29 is 14.0 Å². The molecule has 5 rings (SSSR count). The number of furan rings is 1. The van der Waals surface area contributed by atoms with Gasteiger partial charge in [-0.25, -0.2) is 9.97 Å². The number of fused-ring (bicyclic) bond motifs is 2. The van der Waals surface area contributed by atoms with Gasteiger partial charge in [-0.05, 0) is 48.5 Å². The van der Waals surface area contributed by atoms with Gasteiger partial charge in [-0.3, -0.25) is 9.59 Å². The number of anilines is 2. The number of hydrogen-bond acceptors (Lipinski definition) is 7. The van der Waals surface area contributed by atoms with Crippen LogP contribution < -0.4 is 22.1 Å². The summed E-state index contributed by atoms with van der Waals surface area (Å²) < 4.78 is 5.98. The molecule has 5 aromatic rings. The largest absolute Gasteiger partial charge is 0.450 e. The van der Waals surface area contributed by atoms with E-state index in [1.807, 2.05) is 0 Å². The van der Waals surface area contributed by atoms with Gasteiger partial charge < -0.3 is 36.5 Å². The van der Waals surface area contributed by atoms with Crippen LogP contribution in [0.3, 0.4) is 0 Å². The number of rotatable bonds is 6. The normalized spacial score (nSPS) is 11.2. The van der Waals surface area contributed by atoms with Gasteiger partial charge in [-0.15, -0.1) is 0 Å². The van der Waals surface area contributed by atoms with Crippen molar-refractivity contribution in [2.24, 2.45) is 11.5 Å². The van der Waals surface area contributed by atoms with Gasteiger partial charge in [0.1, 0.15) is 0 Å². The van der Waals surface area contributed by atoms with E-state index in [1.165, 1.54) is 0 Å². The Morgan fingerprint density at radius 3 is 1.64 bits per heavy atom. The summed E-state index contributed by atoms with van der Waals surface area (Å²) in [6.07, 6.45) is 0. The molecular formula is C22H20N8O3. The lowest BCUT2D eigenvalue weighted by molar-refractivity contribution is -0.115. The molecule has 0 aliphatic heterocycles. The topological polar surface area (TPSA) is 181 Å². The summed E-state index contributed by atoms with van der Waals surface area (Å²) in [5.41, 5.74) is 14.9. The summed E-state index contributed by atoms with van der Waals surface area (Å²) in [6.45, 7) is -0.181. The van der Waals surface area contributed by atoms with Gasteiger partial charge in [0.25, 0.3) is 0 Å². The number of imidazole rings is 2. The Kier molecular flexibility index (Phi) is 5.09. The first kappa shape index (κ1) is 20.4. The highest BCUT2D eigenvalue weighted by Crippen LogP contribution is 2.29. The van der Waals surface area contributed by atoms with Crippen LogP contribution in [0.5, 0.6) is 0 Å². The van der Waals surface area contributed by atoms with E-state index >= 15 is 0 Å². The Balaban J connectivity index is 1.41. The Hall–Kier alpha value is -4.48. The third-order valence-corrected chi connectivity index (χ3v) is 4.97. The second-order valence-electron chi connectivity index (χ2n) is 7.30. The highest BCUT2D eigenvalue weighted by molar-refractivity contribution is 5.95. The molecule has 0 saturated carbocycles. The zero-order valence-electron chi connectivity index (χ0n) is 17.3. The molecule has 0 saturated heterocycles. The van der Waals surface area contributed by atoms with Crippen LogP contribution in [0.1, 0.15) is 0 Å². The van der Waals surface area contributed by atoms with E-state index in [4.69, 9.17) is 15.9 Å². The highest BCUT2D eigenvalue weighted by Gasteiger charge is 2.14. The molecule has 0 atom stereocenters. The summed E-state index contributed by atoms with van der Waals surface area (Å²) >= 11 is 0. The molecule has 0 unspecified atom stereocenters. The first-order chi connectivity index (χ1) is 16.0. The van der Waals surface area contributed by atoms with Crippen LogP contribution in [0.15, 0.2) is 52.9 Å². The van der Waals surface area contributed by atoms with Crippen molar-refractivity contribution in [1.29, 1.82) is 0 Å². The number of benzene rings is 2. The Morgan fingerprint density at radius 2 is 1.21 bits per heavy atom. The summed E-state index contributed by atoms with van der Waals surface area (Å²) in [5.74, 6) is 1.60. The fraction of sp³-hybridized carbons (Fsp3) is 0.0909. The first-order valence-electron chi connectivity index (χ1n) is 10.1. The molecule has 3 aromatic heterocycles. The van der Waals surface area contributed by atoms with E-state index in [9.17, 15) is 9.59 Å². The summed E-state index contributed by atoms with van der Waals surface area (Å²) in [4.78, 5) is 38.5. The number of aromatic nitrogens is 4. The van der Waals surface area contributed by atoms with Crippen molar-refractivity contribution in [1.82, 2.24) is 19.9 Å². The third kappa shape index (κ3) is 4.05. The molecule has 2 amide bonds. The number of amides is 2. The lowest BCUT2D eigenvalue weighted by atomic mass is 10.3. The minimum atomic E-state index is -0.274. The standard InChI is InChI=1S/C22H20N8O3/c23-9-19(31)25-11-1-3-13-15(7-11)29-21(27-13)17-5-6-18(33-17)22-28-14-4-2-12(8-16(14)30-22)26-20(32)10-24/h1-8H,9-10,23-24H2,(H,25,31)(H,26,32)(H,27,29)(H,28,30). The summed E-state index contributed by atoms with van der Waals surface area (Å²) in [5, 5.41) is 5.42. The molecule has 166 valence electrons. The van der Waals surface area contributed by atoms with Crippen molar-refractivity contribution in [2.45, 2.75) is 0 Å². The van der Waals surface area contributed by atoms with E-state index in [-0.39, 0.29) is 24.9 Å². The van der Waals surface area contributed by atoms with E-state index in [1.54, 1.807) is 48.5 Å². The number of H-pyrrole nitrogens is 2. The number of carbonyl (C=O) groups is 2. The molecular weight excluding hydrogens is 424 g/mol. The number of nitrogens with one attached hydrogen (secondary N) is 4. The number of hydrogen-bond donors (Lipinski definition) is 6. The van der Waals surface area contributed by atoms with Crippen LogP contribution in [0, 0.1) is 0 Å². The molecule has 11 nitrogen and oxygen atoms in total. The van der Waals surface area contributed by atoms with E-state index in [2.05, 4.69) is 30.6 Å². The quantitative estimate of drug-likeness (QED) is 0.232. The SMILES string of the molecule is NCC(=O)Nc1ccc2nc(-c3ccc(-c4nc5ccc(NC(=O)CN)cc5[nH]4)o3)[nH]c2c1. The number of nitrogens with zero attached hydrogens (tertiary/aromatic N) is 2. The van der Waals surface area contributed by atoms with Gasteiger partial charge in [0.05, 0.1) is 35.2 Å². The average molecular weight is 444 g/mol. The highest BCUT2D eigenvalue weighted by atomic mass is 16.3. The molecule has 0 aliphatic carbocycles. The van der Waals surface area contributed by atoms with Gasteiger partial charge in [-0.2, -0.15) is 0 Å². The zero-order chi connectivity index (χ0) is 22.9. The van der Waals surface area contributed by atoms with Gasteiger partial charge in [-0.1, -0.05) is 0 Å². The Morgan fingerprint density at radius 1 is 0.758 bits per heavy atom. The fourth-order valence-electron chi connectivity index (χ4n) is 3.42. The van der Waals surface area contributed by atoms with E-state index < -0.39 is 0 Å². The monoisotopic (exact) mass is 444 g/mol. The third-order valence-electron chi connectivity index (χ3n) is 4.97. The summed E-state index contributed by atoms with van der Waals surface area (Å²) in [6, 6.07) is 14.3. The van der Waals surface area contributed by atoms with Crippen LogP contribution in [0.25, 0.3) is 45.2 Å². The van der Waals surface area contributed by atoms with Crippen LogP contribution in [-0.2, 0) is 9.59 Å². The Labute approximate surface area is 186 Å². The molecule has 0 bridgehead atoms. The maximum absolute atomic E-state index is 11.5. The molecule has 0 radical (unpaired) electrons. The molecule has 33 heavy (non-hydrogen) atoms. The van der Waals surface area contributed by atoms with Gasteiger partial charge >= 0.3 is 0 Å². The van der Waals surface area contributed by atoms with Crippen molar-refractivity contribution in [3.8, 4) is 23.2 Å². The van der Waals surface area contributed by atoms with Crippen molar-refractivity contribution >= 4 is 45.3 Å². The molecule has 3 heterocycles. The Bertz CT molecular complexity index is 1390. The maximum atomic E-state index is 11.5. The van der Waals surface area contributed by atoms with Gasteiger partial charge in [0.2, 0.25) is 11.8 Å². The molecule has 0 fully saturated rings. The fourth-order valence-corrected chi connectivity index (χ4v) is 3.42. The van der Waals surface area contributed by atoms with Gasteiger partial charge in [0, 0.05) is 11.4 Å². The second kappa shape index (κ2) is 8.22. The van der Waals surface area contributed by atoms with Crippen LogP contribution in [0.2, 0.25) is 0 Å². The van der Waals surface area contributed by atoms with Crippen molar-refractivity contribution in [3.05, 3.63) is 48.5 Å². The summed E-state index contributed by atoms with van der Waals surface area (Å²) in [7, 11) is 0.